The lowest BCUT2D eigenvalue weighted by Gasteiger charge is -2.28. The standard InChI is InChI=1S/C16H21BO7S/c1-3-5-13(18)9-12-8-11-6-4-7-14(15(11)24-17(12)20)16(19)23-10-25(2,21)22/h4,6-7,12,20H,3,5,8-10H2,1-2H3/t12-/m1/s1. The summed E-state index contributed by atoms with van der Waals surface area (Å²) in [6.07, 6.45) is 2.75. The summed E-state index contributed by atoms with van der Waals surface area (Å²) in [4.78, 5) is 23.9. The molecule has 0 bridgehead atoms. The molecular weight excluding hydrogens is 347 g/mol. The molecule has 0 amide bonds. The van der Waals surface area contributed by atoms with E-state index in [0.717, 1.165) is 12.7 Å². The third-order valence-electron chi connectivity index (χ3n) is 3.86. The Morgan fingerprint density at radius 1 is 1.40 bits per heavy atom. The lowest BCUT2D eigenvalue weighted by atomic mass is 9.64. The van der Waals surface area contributed by atoms with Crippen molar-refractivity contribution in [2.75, 3.05) is 12.2 Å². The fourth-order valence-electron chi connectivity index (χ4n) is 2.73. The number of ketones is 1. The van der Waals surface area contributed by atoms with Crippen molar-refractivity contribution in [3.05, 3.63) is 29.3 Å². The minimum atomic E-state index is -3.46. The van der Waals surface area contributed by atoms with Gasteiger partial charge in [0, 0.05) is 24.9 Å². The SMILES string of the molecule is CCCC(=O)C[C@H]1Cc2cccc(C(=O)OCS(C)(=O)=O)c2OB1O. The van der Waals surface area contributed by atoms with Crippen LogP contribution in [0.5, 0.6) is 5.75 Å². The molecule has 7 nitrogen and oxygen atoms in total. The minimum absolute atomic E-state index is 0.0542. The highest BCUT2D eigenvalue weighted by Gasteiger charge is 2.37. The summed E-state index contributed by atoms with van der Waals surface area (Å²) in [6, 6.07) is 4.81. The largest absolute Gasteiger partial charge is 0.535 e. The van der Waals surface area contributed by atoms with Crippen LogP contribution < -0.4 is 4.65 Å². The van der Waals surface area contributed by atoms with E-state index in [-0.39, 0.29) is 29.3 Å². The molecule has 136 valence electrons. The van der Waals surface area contributed by atoms with Crippen molar-refractivity contribution in [3.8, 4) is 5.75 Å². The van der Waals surface area contributed by atoms with Crippen molar-refractivity contribution in [3.63, 3.8) is 0 Å². The minimum Gasteiger partial charge on any atom is -0.535 e. The van der Waals surface area contributed by atoms with Crippen LogP contribution in [0.2, 0.25) is 5.82 Å². The zero-order chi connectivity index (χ0) is 18.6. The average Bonchev–Trinajstić information content (AvgIpc) is 2.52. The summed E-state index contributed by atoms with van der Waals surface area (Å²) in [7, 11) is -4.67. The number of Topliss-reactive ketones (excluding diaryl/α,β-unsaturated/α-hetero) is 1. The highest BCUT2D eigenvalue weighted by atomic mass is 32.2. The number of carbonyl (C=O) groups is 2. The van der Waals surface area contributed by atoms with Gasteiger partial charge in [-0.15, -0.1) is 0 Å². The maximum Gasteiger partial charge on any atom is 0.526 e. The number of carbonyl (C=O) groups excluding carboxylic acids is 2. The molecule has 0 fully saturated rings. The van der Waals surface area contributed by atoms with E-state index in [1.807, 2.05) is 6.92 Å². The van der Waals surface area contributed by atoms with E-state index in [0.29, 0.717) is 18.4 Å². The van der Waals surface area contributed by atoms with Gasteiger partial charge in [-0.3, -0.25) is 4.79 Å². The molecule has 1 atom stereocenters. The lowest BCUT2D eigenvalue weighted by Crippen LogP contribution is -2.36. The fourth-order valence-corrected chi connectivity index (χ4v) is 3.05. The Kier molecular flexibility index (Phi) is 6.23. The number of hydrogen-bond acceptors (Lipinski definition) is 7. The third-order valence-corrected chi connectivity index (χ3v) is 4.41. The monoisotopic (exact) mass is 368 g/mol. The second kappa shape index (κ2) is 8.01. The van der Waals surface area contributed by atoms with Crippen LogP contribution in [0.4, 0.5) is 0 Å². The lowest BCUT2D eigenvalue weighted by molar-refractivity contribution is -0.119. The summed E-state index contributed by atoms with van der Waals surface area (Å²) in [6.45, 7) is 1.91. The molecule has 1 N–H and O–H groups in total. The molecule has 1 aliphatic rings. The van der Waals surface area contributed by atoms with E-state index in [4.69, 9.17) is 9.39 Å². The highest BCUT2D eigenvalue weighted by molar-refractivity contribution is 7.90. The van der Waals surface area contributed by atoms with Gasteiger partial charge in [0.2, 0.25) is 0 Å². The summed E-state index contributed by atoms with van der Waals surface area (Å²) >= 11 is 0. The summed E-state index contributed by atoms with van der Waals surface area (Å²) in [5, 5.41) is 10.2. The zero-order valence-corrected chi connectivity index (χ0v) is 15.0. The number of ether oxygens (including phenoxy) is 1. The molecule has 0 spiro atoms. The van der Waals surface area contributed by atoms with Crippen molar-refractivity contribution in [2.45, 2.75) is 38.4 Å². The van der Waals surface area contributed by atoms with Gasteiger partial charge in [-0.2, -0.15) is 0 Å². The van der Waals surface area contributed by atoms with Gasteiger partial charge in [-0.25, -0.2) is 13.2 Å². The number of hydrogen-bond donors (Lipinski definition) is 1. The van der Waals surface area contributed by atoms with Crippen molar-refractivity contribution in [1.29, 1.82) is 0 Å². The van der Waals surface area contributed by atoms with Gasteiger partial charge < -0.3 is 14.4 Å². The summed E-state index contributed by atoms with van der Waals surface area (Å²) in [5.74, 6) is -1.72. The first-order chi connectivity index (χ1) is 11.7. The van der Waals surface area contributed by atoms with E-state index in [1.54, 1.807) is 12.1 Å². The molecule has 1 heterocycles. The van der Waals surface area contributed by atoms with Crippen LogP contribution in [0.15, 0.2) is 18.2 Å². The second-order valence-corrected chi connectivity index (χ2v) is 8.32. The quantitative estimate of drug-likeness (QED) is 0.572. The molecule has 0 aromatic heterocycles. The Morgan fingerprint density at radius 2 is 2.12 bits per heavy atom. The van der Waals surface area contributed by atoms with E-state index < -0.39 is 28.9 Å². The molecule has 0 radical (unpaired) electrons. The topological polar surface area (TPSA) is 107 Å². The predicted octanol–water partition coefficient (Wildman–Crippen LogP) is 1.39. The molecule has 1 aliphatic heterocycles. The van der Waals surface area contributed by atoms with Crippen molar-refractivity contribution < 1.29 is 32.4 Å². The second-order valence-electron chi connectivity index (χ2n) is 6.23. The Morgan fingerprint density at radius 3 is 2.76 bits per heavy atom. The van der Waals surface area contributed by atoms with Crippen LogP contribution >= 0.6 is 0 Å². The van der Waals surface area contributed by atoms with Gasteiger partial charge in [0.15, 0.2) is 15.8 Å². The van der Waals surface area contributed by atoms with E-state index in [9.17, 15) is 23.0 Å². The number of benzene rings is 1. The van der Waals surface area contributed by atoms with Crippen LogP contribution in [-0.4, -0.2) is 44.5 Å². The first-order valence-electron chi connectivity index (χ1n) is 8.04. The molecule has 2 rings (SSSR count). The maximum atomic E-state index is 12.1. The fraction of sp³-hybridized carbons (Fsp3) is 0.500. The van der Waals surface area contributed by atoms with E-state index >= 15 is 0 Å². The van der Waals surface area contributed by atoms with Crippen molar-refractivity contribution >= 4 is 28.7 Å². The van der Waals surface area contributed by atoms with Gasteiger partial charge in [0.05, 0.1) is 0 Å². The van der Waals surface area contributed by atoms with Crippen LogP contribution in [0.25, 0.3) is 0 Å². The Labute approximate surface area is 147 Å². The van der Waals surface area contributed by atoms with Crippen LogP contribution in [0, 0.1) is 0 Å². The molecule has 1 aromatic rings. The highest BCUT2D eigenvalue weighted by Crippen LogP contribution is 2.36. The van der Waals surface area contributed by atoms with Gasteiger partial charge in [-0.05, 0) is 24.5 Å². The molecule has 1 aromatic carbocycles. The summed E-state index contributed by atoms with van der Waals surface area (Å²) in [5.41, 5.74) is 0.729. The first-order valence-corrected chi connectivity index (χ1v) is 10.1. The van der Waals surface area contributed by atoms with Crippen molar-refractivity contribution in [2.24, 2.45) is 0 Å². The maximum absolute atomic E-state index is 12.1. The molecule has 0 aliphatic carbocycles. The molecule has 0 saturated carbocycles. The van der Waals surface area contributed by atoms with Gasteiger partial charge in [-0.1, -0.05) is 19.1 Å². The molecule has 0 unspecified atom stereocenters. The summed E-state index contributed by atoms with van der Waals surface area (Å²) < 4.78 is 32.5. The number of sulfone groups is 1. The zero-order valence-electron chi connectivity index (χ0n) is 14.2. The normalized spacial score (nSPS) is 16.8. The number of esters is 1. The predicted molar refractivity (Wildman–Crippen MR) is 92.2 cm³/mol. The van der Waals surface area contributed by atoms with E-state index in [1.165, 1.54) is 6.07 Å². The smallest absolute Gasteiger partial charge is 0.526 e. The Balaban J connectivity index is 2.17. The van der Waals surface area contributed by atoms with Gasteiger partial charge >= 0.3 is 13.1 Å². The molecule has 0 saturated heterocycles. The Bertz CT molecular complexity index is 760. The number of para-hydroxylation sites is 1. The average molecular weight is 368 g/mol. The molecule has 25 heavy (non-hydrogen) atoms. The third kappa shape index (κ3) is 5.30. The molecular formula is C16H21BO7S. The molecule has 9 heteroatoms. The number of rotatable bonds is 7. The van der Waals surface area contributed by atoms with Crippen LogP contribution in [0.3, 0.4) is 0 Å². The first kappa shape index (κ1) is 19.5. The number of fused-ring (bicyclic) bond motifs is 1. The van der Waals surface area contributed by atoms with Crippen LogP contribution in [-0.2, 0) is 25.8 Å². The van der Waals surface area contributed by atoms with Gasteiger partial charge in [0.25, 0.3) is 0 Å². The van der Waals surface area contributed by atoms with E-state index in [2.05, 4.69) is 0 Å². The van der Waals surface area contributed by atoms with Crippen LogP contribution in [0.1, 0.15) is 42.1 Å². The Hall–Kier alpha value is -1.87. The van der Waals surface area contributed by atoms with Gasteiger partial charge in [0.1, 0.15) is 17.1 Å². The van der Waals surface area contributed by atoms with Crippen molar-refractivity contribution in [1.82, 2.24) is 0 Å².